The number of benzene rings is 1. The van der Waals surface area contributed by atoms with Gasteiger partial charge in [0.25, 0.3) is 0 Å². The van der Waals surface area contributed by atoms with Gasteiger partial charge in [0.05, 0.1) is 6.54 Å². The average Bonchev–Trinajstić information content (AvgIpc) is 2.27. The number of fused-ring (bicyclic) bond motifs is 1. The van der Waals surface area contributed by atoms with E-state index in [9.17, 15) is 13.2 Å². The van der Waals surface area contributed by atoms with Gasteiger partial charge in [0.15, 0.2) is 0 Å². The van der Waals surface area contributed by atoms with Gasteiger partial charge in [-0.2, -0.15) is 13.2 Å². The van der Waals surface area contributed by atoms with Gasteiger partial charge in [-0.1, -0.05) is 18.2 Å². The van der Waals surface area contributed by atoms with Gasteiger partial charge in [-0.3, -0.25) is 4.90 Å². The molecular weight excluding hydrogens is 241 g/mol. The van der Waals surface area contributed by atoms with Crippen molar-refractivity contribution in [2.45, 2.75) is 25.7 Å². The fourth-order valence-corrected chi connectivity index (χ4v) is 2.37. The molecule has 0 bridgehead atoms. The first-order valence-electron chi connectivity index (χ1n) is 6.02. The summed E-state index contributed by atoms with van der Waals surface area (Å²) >= 11 is 0. The second-order valence-corrected chi connectivity index (χ2v) is 4.71. The van der Waals surface area contributed by atoms with E-state index in [1.165, 1.54) is 16.0 Å². The van der Waals surface area contributed by atoms with Gasteiger partial charge in [0.1, 0.15) is 0 Å². The van der Waals surface area contributed by atoms with E-state index in [0.29, 0.717) is 19.5 Å². The Morgan fingerprint density at radius 3 is 2.72 bits per heavy atom. The Morgan fingerprint density at radius 2 is 2.06 bits per heavy atom. The minimum atomic E-state index is -4.11. The highest BCUT2D eigenvalue weighted by atomic mass is 19.4. The molecule has 0 aliphatic carbocycles. The van der Waals surface area contributed by atoms with E-state index >= 15 is 0 Å². The lowest BCUT2D eigenvalue weighted by Crippen LogP contribution is -2.38. The van der Waals surface area contributed by atoms with Gasteiger partial charge in [0, 0.05) is 19.6 Å². The molecule has 2 nitrogen and oxygen atoms in total. The molecule has 1 aliphatic rings. The third-order valence-electron chi connectivity index (χ3n) is 3.15. The van der Waals surface area contributed by atoms with Gasteiger partial charge in [0.2, 0.25) is 0 Å². The van der Waals surface area contributed by atoms with Gasteiger partial charge in [-0.05, 0) is 30.2 Å². The number of hydrogen-bond acceptors (Lipinski definition) is 2. The Hall–Kier alpha value is -1.07. The summed E-state index contributed by atoms with van der Waals surface area (Å²) in [5.74, 6) is 0. The van der Waals surface area contributed by atoms with Crippen molar-refractivity contribution >= 4 is 0 Å². The number of nitrogens with one attached hydrogen (secondary N) is 1. The predicted octanol–water partition coefficient (Wildman–Crippen LogP) is 2.33. The Labute approximate surface area is 105 Å². The fourth-order valence-electron chi connectivity index (χ4n) is 2.37. The van der Waals surface area contributed by atoms with Crippen LogP contribution in [0.4, 0.5) is 13.2 Å². The SMILES string of the molecule is CNCc1ccc2c(c1)CCN(CC(F)(F)F)C2. The zero-order valence-corrected chi connectivity index (χ0v) is 10.3. The number of rotatable bonds is 3. The van der Waals surface area contributed by atoms with Crippen molar-refractivity contribution < 1.29 is 13.2 Å². The molecule has 1 aromatic rings. The highest BCUT2D eigenvalue weighted by Gasteiger charge is 2.31. The molecule has 0 amide bonds. The first-order valence-corrected chi connectivity index (χ1v) is 6.02. The molecule has 1 N–H and O–H groups in total. The molecule has 1 aliphatic heterocycles. The van der Waals surface area contributed by atoms with Crippen LogP contribution in [0.15, 0.2) is 18.2 Å². The normalized spacial score (nSPS) is 16.7. The minimum Gasteiger partial charge on any atom is -0.316 e. The molecule has 2 rings (SSSR count). The molecule has 0 fully saturated rings. The average molecular weight is 258 g/mol. The quantitative estimate of drug-likeness (QED) is 0.895. The van der Waals surface area contributed by atoms with Crippen molar-refractivity contribution in [2.24, 2.45) is 0 Å². The minimum absolute atomic E-state index is 0.397. The van der Waals surface area contributed by atoms with Crippen LogP contribution in [0.3, 0.4) is 0 Å². The van der Waals surface area contributed by atoms with Crippen LogP contribution in [-0.4, -0.2) is 31.2 Å². The summed E-state index contributed by atoms with van der Waals surface area (Å²) in [4.78, 5) is 1.46. The molecule has 0 saturated heterocycles. The third kappa shape index (κ3) is 3.46. The van der Waals surface area contributed by atoms with E-state index in [0.717, 1.165) is 12.1 Å². The lowest BCUT2D eigenvalue weighted by atomic mass is 9.97. The zero-order chi connectivity index (χ0) is 13.2. The Balaban J connectivity index is 2.06. The molecule has 0 spiro atoms. The standard InChI is InChI=1S/C13H17F3N2/c1-17-7-10-2-3-12-8-18(9-13(14,15)16)5-4-11(12)6-10/h2-3,6,17H,4-5,7-9H2,1H3. The molecule has 0 atom stereocenters. The summed E-state index contributed by atoms with van der Waals surface area (Å²) in [6.07, 6.45) is -3.41. The molecule has 18 heavy (non-hydrogen) atoms. The maximum Gasteiger partial charge on any atom is 0.401 e. The first kappa shape index (κ1) is 13.4. The predicted molar refractivity (Wildman–Crippen MR) is 64.2 cm³/mol. The molecular formula is C13H17F3N2. The van der Waals surface area contributed by atoms with Crippen LogP contribution in [0.5, 0.6) is 0 Å². The number of hydrogen-bond donors (Lipinski definition) is 1. The molecule has 0 unspecified atom stereocenters. The van der Waals surface area contributed by atoms with Crippen LogP contribution in [-0.2, 0) is 19.5 Å². The van der Waals surface area contributed by atoms with Crippen LogP contribution in [0.1, 0.15) is 16.7 Å². The Kier molecular flexibility index (Phi) is 3.92. The second-order valence-electron chi connectivity index (χ2n) is 4.71. The topological polar surface area (TPSA) is 15.3 Å². The Bertz CT molecular complexity index is 415. The van der Waals surface area contributed by atoms with E-state index in [-0.39, 0.29) is 0 Å². The lowest BCUT2D eigenvalue weighted by molar-refractivity contribution is -0.147. The van der Waals surface area contributed by atoms with Crippen molar-refractivity contribution in [3.63, 3.8) is 0 Å². The molecule has 0 saturated carbocycles. The summed E-state index contributed by atoms with van der Waals surface area (Å²) < 4.78 is 37.0. The monoisotopic (exact) mass is 258 g/mol. The molecule has 100 valence electrons. The van der Waals surface area contributed by atoms with Gasteiger partial charge in [-0.15, -0.1) is 0 Å². The van der Waals surface area contributed by atoms with Crippen LogP contribution in [0.2, 0.25) is 0 Å². The Morgan fingerprint density at radius 1 is 1.28 bits per heavy atom. The van der Waals surface area contributed by atoms with Crippen molar-refractivity contribution in [3.05, 3.63) is 34.9 Å². The van der Waals surface area contributed by atoms with E-state index in [4.69, 9.17) is 0 Å². The highest BCUT2D eigenvalue weighted by molar-refractivity contribution is 5.33. The summed E-state index contributed by atoms with van der Waals surface area (Å²) in [5.41, 5.74) is 3.38. The van der Waals surface area contributed by atoms with Crippen LogP contribution < -0.4 is 5.32 Å². The summed E-state index contributed by atoms with van der Waals surface area (Å²) in [5, 5.41) is 3.07. The number of nitrogens with zero attached hydrogens (tertiary/aromatic N) is 1. The van der Waals surface area contributed by atoms with Crippen molar-refractivity contribution in [2.75, 3.05) is 20.1 Å². The summed E-state index contributed by atoms with van der Waals surface area (Å²) in [7, 11) is 1.88. The second kappa shape index (κ2) is 5.28. The van der Waals surface area contributed by atoms with E-state index in [1.54, 1.807) is 0 Å². The highest BCUT2D eigenvalue weighted by Crippen LogP contribution is 2.24. The van der Waals surface area contributed by atoms with Crippen molar-refractivity contribution in [1.29, 1.82) is 0 Å². The summed E-state index contributed by atoms with van der Waals surface area (Å²) in [6, 6.07) is 6.02. The maximum absolute atomic E-state index is 12.3. The molecule has 0 radical (unpaired) electrons. The van der Waals surface area contributed by atoms with Crippen molar-refractivity contribution in [3.8, 4) is 0 Å². The number of alkyl halides is 3. The van der Waals surface area contributed by atoms with Crippen LogP contribution >= 0.6 is 0 Å². The lowest BCUT2D eigenvalue weighted by Gasteiger charge is -2.29. The van der Waals surface area contributed by atoms with Gasteiger partial charge < -0.3 is 5.32 Å². The zero-order valence-electron chi connectivity index (χ0n) is 10.3. The van der Waals surface area contributed by atoms with E-state index in [1.807, 2.05) is 19.2 Å². The smallest absolute Gasteiger partial charge is 0.316 e. The van der Waals surface area contributed by atoms with Crippen LogP contribution in [0, 0.1) is 0 Å². The molecule has 1 aromatic carbocycles. The molecule has 5 heteroatoms. The molecule has 0 aromatic heterocycles. The van der Waals surface area contributed by atoms with E-state index < -0.39 is 12.7 Å². The first-order chi connectivity index (χ1) is 8.48. The van der Waals surface area contributed by atoms with Crippen molar-refractivity contribution in [1.82, 2.24) is 10.2 Å². The van der Waals surface area contributed by atoms with Gasteiger partial charge in [-0.25, -0.2) is 0 Å². The largest absolute Gasteiger partial charge is 0.401 e. The van der Waals surface area contributed by atoms with Crippen LogP contribution in [0.25, 0.3) is 0 Å². The fraction of sp³-hybridized carbons (Fsp3) is 0.538. The van der Waals surface area contributed by atoms with E-state index in [2.05, 4.69) is 11.4 Å². The summed E-state index contributed by atoms with van der Waals surface area (Å²) in [6.45, 7) is 0.856. The van der Waals surface area contributed by atoms with Gasteiger partial charge >= 0.3 is 6.18 Å². The molecule has 1 heterocycles. The number of halogens is 3. The third-order valence-corrected chi connectivity index (χ3v) is 3.15. The maximum atomic E-state index is 12.3.